The summed E-state index contributed by atoms with van der Waals surface area (Å²) in [6.07, 6.45) is 1.76. The van der Waals surface area contributed by atoms with Crippen LogP contribution in [0, 0.1) is 6.92 Å². The first-order chi connectivity index (χ1) is 9.72. The fourth-order valence-electron chi connectivity index (χ4n) is 1.99. The monoisotopic (exact) mass is 273 g/mol. The second-order valence-electron chi connectivity index (χ2n) is 4.55. The number of hydrogen-bond donors (Lipinski definition) is 2. The van der Waals surface area contributed by atoms with Crippen LogP contribution in [0.25, 0.3) is 10.9 Å². The lowest BCUT2D eigenvalue weighted by Crippen LogP contribution is -2.30. The Morgan fingerprint density at radius 1 is 1.35 bits per heavy atom. The third-order valence-electron chi connectivity index (χ3n) is 3.01. The smallest absolute Gasteiger partial charge is 0.238 e. The van der Waals surface area contributed by atoms with Crippen LogP contribution in [-0.4, -0.2) is 37.7 Å². The van der Waals surface area contributed by atoms with E-state index in [2.05, 4.69) is 15.6 Å². The van der Waals surface area contributed by atoms with Crippen LogP contribution in [-0.2, 0) is 9.53 Å². The predicted octanol–water partition coefficient (Wildman–Crippen LogP) is 1.72. The number of aryl methyl sites for hydroxylation is 1. The maximum absolute atomic E-state index is 11.9. The Bertz CT molecular complexity index is 599. The summed E-state index contributed by atoms with van der Waals surface area (Å²) in [4.78, 5) is 16.2. The molecule has 0 saturated heterocycles. The van der Waals surface area contributed by atoms with Crippen molar-refractivity contribution in [1.82, 2.24) is 10.3 Å². The number of hydrogen-bond acceptors (Lipinski definition) is 4. The van der Waals surface area contributed by atoms with Gasteiger partial charge in [0.05, 0.1) is 24.4 Å². The lowest BCUT2D eigenvalue weighted by atomic mass is 10.1. The zero-order chi connectivity index (χ0) is 14.4. The summed E-state index contributed by atoms with van der Waals surface area (Å²) >= 11 is 0. The minimum atomic E-state index is -0.0740. The number of amides is 1. The number of fused-ring (bicyclic) bond motifs is 1. The molecule has 0 fully saturated rings. The van der Waals surface area contributed by atoms with Crippen molar-refractivity contribution >= 4 is 22.5 Å². The molecule has 0 atom stereocenters. The molecule has 0 spiro atoms. The van der Waals surface area contributed by atoms with Crippen molar-refractivity contribution in [2.24, 2.45) is 0 Å². The Labute approximate surface area is 118 Å². The highest BCUT2D eigenvalue weighted by Gasteiger charge is 2.07. The molecule has 2 rings (SSSR count). The quantitative estimate of drug-likeness (QED) is 0.787. The van der Waals surface area contributed by atoms with Gasteiger partial charge in [0.2, 0.25) is 5.91 Å². The Hall–Kier alpha value is -1.98. The normalized spacial score (nSPS) is 10.7. The van der Waals surface area contributed by atoms with Gasteiger partial charge in [0.1, 0.15) is 0 Å². The first kappa shape index (κ1) is 14.4. The molecule has 1 amide bonds. The number of aromatic nitrogens is 1. The molecule has 1 heterocycles. The van der Waals surface area contributed by atoms with E-state index >= 15 is 0 Å². The molecule has 1 aromatic carbocycles. The number of anilines is 1. The van der Waals surface area contributed by atoms with Crippen LogP contribution in [0.2, 0.25) is 0 Å². The summed E-state index contributed by atoms with van der Waals surface area (Å²) < 4.78 is 4.91. The lowest BCUT2D eigenvalue weighted by Gasteiger charge is -2.10. The van der Waals surface area contributed by atoms with E-state index in [1.54, 1.807) is 13.3 Å². The van der Waals surface area contributed by atoms with Crippen LogP contribution in [0.15, 0.2) is 30.5 Å². The van der Waals surface area contributed by atoms with E-state index < -0.39 is 0 Å². The summed E-state index contributed by atoms with van der Waals surface area (Å²) in [5.41, 5.74) is 2.80. The molecule has 2 aromatic rings. The summed E-state index contributed by atoms with van der Waals surface area (Å²) in [6.45, 7) is 3.51. The fourth-order valence-corrected chi connectivity index (χ4v) is 1.99. The van der Waals surface area contributed by atoms with Gasteiger partial charge in [-0.3, -0.25) is 9.78 Å². The van der Waals surface area contributed by atoms with Gasteiger partial charge in [-0.2, -0.15) is 0 Å². The van der Waals surface area contributed by atoms with Crippen LogP contribution in [0.3, 0.4) is 0 Å². The van der Waals surface area contributed by atoms with Crippen LogP contribution in [0.4, 0.5) is 5.69 Å². The Morgan fingerprint density at radius 2 is 2.20 bits per heavy atom. The van der Waals surface area contributed by atoms with Crippen LogP contribution >= 0.6 is 0 Å². The van der Waals surface area contributed by atoms with Gasteiger partial charge in [0.15, 0.2) is 0 Å². The second-order valence-corrected chi connectivity index (χ2v) is 4.55. The molecule has 1 aromatic heterocycles. The van der Waals surface area contributed by atoms with Crippen LogP contribution in [0.5, 0.6) is 0 Å². The first-order valence-electron chi connectivity index (χ1n) is 6.56. The molecule has 20 heavy (non-hydrogen) atoms. The molecule has 0 aliphatic heterocycles. The number of nitrogens with one attached hydrogen (secondary N) is 2. The molecular formula is C15H19N3O2. The summed E-state index contributed by atoms with van der Waals surface area (Å²) in [7, 11) is 1.63. The molecule has 0 aliphatic rings. The van der Waals surface area contributed by atoms with E-state index in [1.807, 2.05) is 31.2 Å². The molecular weight excluding hydrogens is 254 g/mol. The largest absolute Gasteiger partial charge is 0.383 e. The molecule has 0 saturated carbocycles. The van der Waals surface area contributed by atoms with E-state index in [0.29, 0.717) is 13.2 Å². The third kappa shape index (κ3) is 3.53. The molecule has 0 radical (unpaired) electrons. The highest BCUT2D eigenvalue weighted by Crippen LogP contribution is 2.24. The third-order valence-corrected chi connectivity index (χ3v) is 3.01. The molecule has 106 valence electrons. The van der Waals surface area contributed by atoms with Gasteiger partial charge in [0.25, 0.3) is 0 Å². The van der Waals surface area contributed by atoms with Gasteiger partial charge < -0.3 is 15.4 Å². The van der Waals surface area contributed by atoms with Crippen molar-refractivity contribution in [3.63, 3.8) is 0 Å². The topological polar surface area (TPSA) is 63.2 Å². The second kappa shape index (κ2) is 6.98. The van der Waals surface area contributed by atoms with Gasteiger partial charge >= 0.3 is 0 Å². The molecule has 5 heteroatoms. The van der Waals surface area contributed by atoms with Crippen molar-refractivity contribution in [3.05, 3.63) is 36.0 Å². The van der Waals surface area contributed by atoms with Gasteiger partial charge in [-0.15, -0.1) is 0 Å². The summed E-state index contributed by atoms with van der Waals surface area (Å²) in [6, 6.07) is 7.70. The van der Waals surface area contributed by atoms with Gasteiger partial charge in [-0.25, -0.2) is 0 Å². The number of ether oxygens (including phenoxy) is 1. The standard InChI is InChI=1S/C15H19N3O2/c1-11-5-6-13(12-4-3-7-17-15(11)12)18-14(19)10-16-8-9-20-2/h3-7,16H,8-10H2,1-2H3,(H,18,19). The van der Waals surface area contributed by atoms with Crippen molar-refractivity contribution < 1.29 is 9.53 Å². The maximum Gasteiger partial charge on any atom is 0.238 e. The SMILES string of the molecule is COCCNCC(=O)Nc1ccc(C)c2ncccc12. The zero-order valence-corrected chi connectivity index (χ0v) is 11.8. The van der Waals surface area contributed by atoms with Crippen molar-refractivity contribution in [2.45, 2.75) is 6.92 Å². The number of rotatable bonds is 6. The number of pyridine rings is 1. The van der Waals surface area contributed by atoms with Crippen LogP contribution < -0.4 is 10.6 Å². The van der Waals surface area contributed by atoms with E-state index in [9.17, 15) is 4.79 Å². The molecule has 2 N–H and O–H groups in total. The molecule has 0 unspecified atom stereocenters. The number of benzene rings is 1. The van der Waals surface area contributed by atoms with E-state index in [4.69, 9.17) is 4.74 Å². The predicted molar refractivity (Wildman–Crippen MR) is 79.9 cm³/mol. The minimum Gasteiger partial charge on any atom is -0.383 e. The summed E-state index contributed by atoms with van der Waals surface area (Å²) in [5.74, 6) is -0.0740. The van der Waals surface area contributed by atoms with E-state index in [0.717, 1.165) is 22.2 Å². The molecule has 0 aliphatic carbocycles. The first-order valence-corrected chi connectivity index (χ1v) is 6.56. The van der Waals surface area contributed by atoms with Crippen molar-refractivity contribution in [1.29, 1.82) is 0 Å². The molecule has 5 nitrogen and oxygen atoms in total. The van der Waals surface area contributed by atoms with Crippen LogP contribution in [0.1, 0.15) is 5.56 Å². The Kier molecular flexibility index (Phi) is 5.03. The number of carbonyl (C=O) groups is 1. The molecule has 0 bridgehead atoms. The summed E-state index contributed by atoms with van der Waals surface area (Å²) in [5, 5.41) is 6.88. The number of methoxy groups -OCH3 is 1. The minimum absolute atomic E-state index is 0.0740. The van der Waals surface area contributed by atoms with Gasteiger partial charge in [0, 0.05) is 25.2 Å². The number of carbonyl (C=O) groups excluding carboxylic acids is 1. The highest BCUT2D eigenvalue weighted by molar-refractivity contribution is 6.02. The van der Waals surface area contributed by atoms with E-state index in [-0.39, 0.29) is 12.5 Å². The Balaban J connectivity index is 2.06. The van der Waals surface area contributed by atoms with Gasteiger partial charge in [-0.05, 0) is 30.7 Å². The average Bonchev–Trinajstić information content (AvgIpc) is 2.47. The van der Waals surface area contributed by atoms with Crippen molar-refractivity contribution in [3.8, 4) is 0 Å². The van der Waals surface area contributed by atoms with Crippen molar-refractivity contribution in [2.75, 3.05) is 32.1 Å². The van der Waals surface area contributed by atoms with Gasteiger partial charge in [-0.1, -0.05) is 6.07 Å². The Morgan fingerprint density at radius 3 is 3.00 bits per heavy atom. The maximum atomic E-state index is 11.9. The zero-order valence-electron chi connectivity index (χ0n) is 11.8. The fraction of sp³-hybridized carbons (Fsp3) is 0.333. The highest BCUT2D eigenvalue weighted by atomic mass is 16.5. The van der Waals surface area contributed by atoms with E-state index in [1.165, 1.54) is 0 Å². The lowest BCUT2D eigenvalue weighted by molar-refractivity contribution is -0.115. The number of nitrogens with zero attached hydrogens (tertiary/aromatic N) is 1. The average molecular weight is 273 g/mol.